The average Bonchev–Trinajstić information content (AvgIpc) is 2.88. The highest BCUT2D eigenvalue weighted by molar-refractivity contribution is 5.91. The molecule has 0 saturated heterocycles. The topological polar surface area (TPSA) is 87.4 Å². The zero-order valence-electron chi connectivity index (χ0n) is 12.8. The number of aromatic nitrogens is 2. The number of nitrogens with zero attached hydrogens (tertiary/aromatic N) is 2. The van der Waals surface area contributed by atoms with Crippen LogP contribution in [-0.2, 0) is 11.3 Å². The molecular formula is C16H21N3O3. The molecule has 0 fully saturated rings. The van der Waals surface area contributed by atoms with Crippen molar-refractivity contribution in [3.63, 3.8) is 0 Å². The first kappa shape index (κ1) is 16.2. The van der Waals surface area contributed by atoms with Gasteiger partial charge in [-0.2, -0.15) is 0 Å². The van der Waals surface area contributed by atoms with Crippen LogP contribution in [0.4, 0.5) is 0 Å². The summed E-state index contributed by atoms with van der Waals surface area (Å²) in [4.78, 5) is 15.7. The zero-order valence-corrected chi connectivity index (χ0v) is 12.8. The van der Waals surface area contributed by atoms with Gasteiger partial charge in [0.1, 0.15) is 5.82 Å². The highest BCUT2D eigenvalue weighted by atomic mass is 16.5. The number of imidazole rings is 1. The van der Waals surface area contributed by atoms with Gasteiger partial charge >= 0.3 is 0 Å². The molecule has 3 N–H and O–H groups in total. The molecule has 1 aromatic heterocycles. The van der Waals surface area contributed by atoms with E-state index in [0.29, 0.717) is 6.42 Å². The molecule has 0 aliphatic rings. The first-order valence-electron chi connectivity index (χ1n) is 7.30. The van der Waals surface area contributed by atoms with Crippen LogP contribution >= 0.6 is 0 Å². The molecule has 22 heavy (non-hydrogen) atoms. The van der Waals surface area contributed by atoms with Crippen molar-refractivity contribution in [1.29, 1.82) is 0 Å². The number of nitrogens with one attached hydrogen (secondary N) is 1. The maximum Gasteiger partial charge on any atom is 0.267 e. The average molecular weight is 303 g/mol. The number of aliphatic hydroxyl groups excluding tert-OH is 1. The third-order valence-electron chi connectivity index (χ3n) is 3.40. The van der Waals surface area contributed by atoms with Gasteiger partial charge in [-0.25, -0.2) is 10.5 Å². The third kappa shape index (κ3) is 3.52. The number of aliphatic hydroxyl groups is 1. The Bertz CT molecular complexity index is 689. The number of hydrogen-bond donors (Lipinski definition) is 3. The number of fused-ring (bicyclic) bond motifs is 1. The van der Waals surface area contributed by atoms with E-state index in [2.05, 4.69) is 23.4 Å². The smallest absolute Gasteiger partial charge is 0.267 e. The minimum atomic E-state index is -0.573. The SMILES string of the molecule is CC(C)c1nc2cc(C=CC(=O)NO)ccc2n1CCCO. The van der Waals surface area contributed by atoms with Crippen LogP contribution in [0.25, 0.3) is 17.1 Å². The normalized spacial score (nSPS) is 11.7. The van der Waals surface area contributed by atoms with Crippen molar-refractivity contribution in [3.05, 3.63) is 35.7 Å². The van der Waals surface area contributed by atoms with E-state index in [-0.39, 0.29) is 12.5 Å². The van der Waals surface area contributed by atoms with Gasteiger partial charge < -0.3 is 9.67 Å². The Hall–Kier alpha value is -2.18. The Morgan fingerprint density at radius 2 is 2.23 bits per heavy atom. The molecule has 0 bridgehead atoms. The summed E-state index contributed by atoms with van der Waals surface area (Å²) < 4.78 is 2.13. The van der Waals surface area contributed by atoms with Crippen LogP contribution in [-0.4, -0.2) is 32.4 Å². The molecule has 0 saturated carbocycles. The van der Waals surface area contributed by atoms with Crippen molar-refractivity contribution in [3.8, 4) is 0 Å². The van der Waals surface area contributed by atoms with E-state index in [0.717, 1.165) is 29.0 Å². The number of hydrogen-bond acceptors (Lipinski definition) is 4. The molecule has 118 valence electrons. The summed E-state index contributed by atoms with van der Waals surface area (Å²) >= 11 is 0. The molecule has 0 atom stereocenters. The van der Waals surface area contributed by atoms with E-state index < -0.39 is 5.91 Å². The summed E-state index contributed by atoms with van der Waals surface area (Å²) in [5.74, 6) is 0.694. The number of hydroxylamine groups is 1. The van der Waals surface area contributed by atoms with Crippen LogP contribution in [0.1, 0.15) is 37.6 Å². The van der Waals surface area contributed by atoms with Crippen molar-refractivity contribution in [2.45, 2.75) is 32.7 Å². The highest BCUT2D eigenvalue weighted by Gasteiger charge is 2.13. The molecule has 0 unspecified atom stereocenters. The van der Waals surface area contributed by atoms with E-state index in [4.69, 9.17) is 10.3 Å². The van der Waals surface area contributed by atoms with Crippen LogP contribution in [0.5, 0.6) is 0 Å². The monoisotopic (exact) mass is 303 g/mol. The summed E-state index contributed by atoms with van der Waals surface area (Å²) in [6.45, 7) is 5.04. The first-order valence-corrected chi connectivity index (χ1v) is 7.30. The van der Waals surface area contributed by atoms with E-state index in [1.807, 2.05) is 18.2 Å². The molecule has 6 nitrogen and oxygen atoms in total. The summed E-state index contributed by atoms with van der Waals surface area (Å²) in [7, 11) is 0. The Morgan fingerprint density at radius 3 is 2.86 bits per heavy atom. The van der Waals surface area contributed by atoms with Gasteiger partial charge in [-0.1, -0.05) is 19.9 Å². The number of rotatable bonds is 6. The molecular weight excluding hydrogens is 282 g/mol. The van der Waals surface area contributed by atoms with Gasteiger partial charge in [0.15, 0.2) is 0 Å². The molecule has 0 aliphatic heterocycles. The van der Waals surface area contributed by atoms with Crippen LogP contribution in [0.15, 0.2) is 24.3 Å². The Balaban J connectivity index is 2.41. The number of carbonyl (C=O) groups excluding carboxylic acids is 1. The van der Waals surface area contributed by atoms with Gasteiger partial charge in [0.25, 0.3) is 5.91 Å². The molecule has 0 radical (unpaired) electrons. The molecule has 0 spiro atoms. The summed E-state index contributed by atoms with van der Waals surface area (Å²) in [5, 5.41) is 17.5. The van der Waals surface area contributed by atoms with Crippen molar-refractivity contribution in [2.24, 2.45) is 0 Å². The van der Waals surface area contributed by atoms with Crippen molar-refractivity contribution < 1.29 is 15.1 Å². The third-order valence-corrected chi connectivity index (χ3v) is 3.40. The lowest BCUT2D eigenvalue weighted by atomic mass is 10.2. The van der Waals surface area contributed by atoms with Crippen molar-refractivity contribution in [2.75, 3.05) is 6.61 Å². The minimum absolute atomic E-state index is 0.147. The Kier molecular flexibility index (Phi) is 5.30. The van der Waals surface area contributed by atoms with Crippen LogP contribution in [0.2, 0.25) is 0 Å². The summed E-state index contributed by atoms with van der Waals surface area (Å²) in [5.41, 5.74) is 4.26. The second-order valence-corrected chi connectivity index (χ2v) is 5.41. The molecule has 1 aromatic carbocycles. The molecule has 2 aromatic rings. The fraction of sp³-hybridized carbons (Fsp3) is 0.375. The van der Waals surface area contributed by atoms with Gasteiger partial charge in [0.2, 0.25) is 0 Å². The summed E-state index contributed by atoms with van der Waals surface area (Å²) in [6, 6.07) is 5.75. The second kappa shape index (κ2) is 7.20. The molecule has 1 amide bonds. The van der Waals surface area contributed by atoms with Crippen molar-refractivity contribution in [1.82, 2.24) is 15.0 Å². The van der Waals surface area contributed by atoms with Gasteiger partial charge in [0, 0.05) is 25.1 Å². The lowest BCUT2D eigenvalue weighted by molar-refractivity contribution is -0.124. The fourth-order valence-corrected chi connectivity index (χ4v) is 2.38. The van der Waals surface area contributed by atoms with Gasteiger partial charge in [-0.3, -0.25) is 10.0 Å². The summed E-state index contributed by atoms with van der Waals surface area (Å²) in [6.07, 6.45) is 3.56. The molecule has 1 heterocycles. The number of benzene rings is 1. The predicted octanol–water partition coefficient (Wildman–Crippen LogP) is 2.06. The number of carbonyl (C=O) groups is 1. The molecule has 0 aliphatic carbocycles. The van der Waals surface area contributed by atoms with Gasteiger partial charge in [-0.15, -0.1) is 0 Å². The van der Waals surface area contributed by atoms with Crippen molar-refractivity contribution >= 4 is 23.0 Å². The molecule has 2 rings (SSSR count). The van der Waals surface area contributed by atoms with Crippen LogP contribution < -0.4 is 5.48 Å². The highest BCUT2D eigenvalue weighted by Crippen LogP contribution is 2.23. The Morgan fingerprint density at radius 1 is 1.45 bits per heavy atom. The lowest BCUT2D eigenvalue weighted by Gasteiger charge is -2.10. The second-order valence-electron chi connectivity index (χ2n) is 5.41. The minimum Gasteiger partial charge on any atom is -0.396 e. The number of amides is 1. The predicted molar refractivity (Wildman–Crippen MR) is 84.5 cm³/mol. The molecule has 6 heteroatoms. The largest absolute Gasteiger partial charge is 0.396 e. The van der Waals surface area contributed by atoms with Gasteiger partial charge in [0.05, 0.1) is 11.0 Å². The maximum atomic E-state index is 11.0. The van der Waals surface area contributed by atoms with Crippen LogP contribution in [0, 0.1) is 0 Å². The maximum absolute atomic E-state index is 11.0. The number of aryl methyl sites for hydroxylation is 1. The quantitative estimate of drug-likeness (QED) is 0.433. The standard InChI is InChI=1S/C16H21N3O3/c1-11(2)16-17-13-10-12(5-7-15(21)18-22)4-6-14(13)19(16)8-3-9-20/h4-7,10-11,20,22H,3,8-9H2,1-2H3,(H,18,21). The van der Waals surface area contributed by atoms with E-state index in [1.165, 1.54) is 6.08 Å². The zero-order chi connectivity index (χ0) is 16.1. The van der Waals surface area contributed by atoms with Gasteiger partial charge in [-0.05, 0) is 30.2 Å². The lowest BCUT2D eigenvalue weighted by Crippen LogP contribution is -2.14. The Labute approximate surface area is 129 Å². The first-order chi connectivity index (χ1) is 10.6. The van der Waals surface area contributed by atoms with E-state index in [9.17, 15) is 4.79 Å². The van der Waals surface area contributed by atoms with Crippen LogP contribution in [0.3, 0.4) is 0 Å². The van der Waals surface area contributed by atoms with E-state index in [1.54, 1.807) is 11.6 Å². The van der Waals surface area contributed by atoms with E-state index >= 15 is 0 Å². The fourth-order valence-electron chi connectivity index (χ4n) is 2.38.